The van der Waals surface area contributed by atoms with Gasteiger partial charge in [0.25, 0.3) is 0 Å². The highest BCUT2D eigenvalue weighted by Crippen LogP contribution is 2.29. The SMILES string of the molecule is Cc1ccc([N+](=O)[O-])c(OCc2ccc(C#N)cc2Cl)c1. The summed E-state index contributed by atoms with van der Waals surface area (Å²) in [7, 11) is 0. The van der Waals surface area contributed by atoms with Crippen molar-refractivity contribution in [3.8, 4) is 11.8 Å². The average molecular weight is 303 g/mol. The van der Waals surface area contributed by atoms with Crippen LogP contribution in [-0.4, -0.2) is 4.92 Å². The summed E-state index contributed by atoms with van der Waals surface area (Å²) in [5, 5.41) is 20.1. The van der Waals surface area contributed by atoms with Crippen LogP contribution in [0.1, 0.15) is 16.7 Å². The average Bonchev–Trinajstić information content (AvgIpc) is 2.45. The first-order valence-corrected chi connectivity index (χ1v) is 6.45. The molecule has 2 aromatic carbocycles. The second-order valence-electron chi connectivity index (χ2n) is 4.43. The minimum absolute atomic E-state index is 0.0921. The van der Waals surface area contributed by atoms with E-state index < -0.39 is 4.92 Å². The maximum absolute atomic E-state index is 11.0. The molecule has 0 atom stereocenters. The summed E-state index contributed by atoms with van der Waals surface area (Å²) in [4.78, 5) is 10.5. The zero-order valence-corrected chi connectivity index (χ0v) is 11.9. The number of aryl methyl sites for hydroxylation is 1. The Labute approximate surface area is 126 Å². The zero-order valence-electron chi connectivity index (χ0n) is 11.2. The minimum Gasteiger partial charge on any atom is -0.482 e. The molecule has 0 bridgehead atoms. The molecular weight excluding hydrogens is 292 g/mol. The topological polar surface area (TPSA) is 76.2 Å². The van der Waals surface area contributed by atoms with Crippen LogP contribution >= 0.6 is 11.6 Å². The molecule has 5 nitrogen and oxygen atoms in total. The quantitative estimate of drug-likeness (QED) is 0.631. The lowest BCUT2D eigenvalue weighted by atomic mass is 10.1. The molecule has 0 aromatic heterocycles. The first-order valence-electron chi connectivity index (χ1n) is 6.07. The van der Waals surface area contributed by atoms with E-state index in [1.165, 1.54) is 12.1 Å². The highest BCUT2D eigenvalue weighted by Gasteiger charge is 2.15. The Hall–Kier alpha value is -2.58. The van der Waals surface area contributed by atoms with Gasteiger partial charge in [-0.1, -0.05) is 23.7 Å². The molecule has 2 rings (SSSR count). The first kappa shape index (κ1) is 14.8. The Morgan fingerprint density at radius 1 is 1.33 bits per heavy atom. The first-order chi connectivity index (χ1) is 10.0. The fourth-order valence-corrected chi connectivity index (χ4v) is 2.01. The predicted octanol–water partition coefficient (Wildman–Crippen LogP) is 4.01. The number of nitro groups is 1. The van der Waals surface area contributed by atoms with E-state index in [4.69, 9.17) is 21.6 Å². The van der Waals surface area contributed by atoms with Crippen molar-refractivity contribution < 1.29 is 9.66 Å². The third-order valence-corrected chi connectivity index (χ3v) is 3.23. The lowest BCUT2D eigenvalue weighted by Crippen LogP contribution is -2.00. The summed E-state index contributed by atoms with van der Waals surface area (Å²) in [6.45, 7) is 1.92. The van der Waals surface area contributed by atoms with Gasteiger partial charge >= 0.3 is 5.69 Å². The second-order valence-corrected chi connectivity index (χ2v) is 4.84. The standard InChI is InChI=1S/C15H11ClN2O3/c1-10-2-5-14(18(19)20)15(6-10)21-9-12-4-3-11(8-17)7-13(12)16/h2-7H,9H2,1H3. The summed E-state index contributed by atoms with van der Waals surface area (Å²) in [5.41, 5.74) is 1.88. The molecule has 21 heavy (non-hydrogen) atoms. The number of nitro benzene ring substituents is 1. The highest BCUT2D eigenvalue weighted by atomic mass is 35.5. The van der Waals surface area contributed by atoms with Crippen LogP contribution in [0.15, 0.2) is 36.4 Å². The van der Waals surface area contributed by atoms with Crippen molar-refractivity contribution in [3.63, 3.8) is 0 Å². The number of nitriles is 1. The second kappa shape index (κ2) is 6.25. The van der Waals surface area contributed by atoms with Crippen molar-refractivity contribution in [1.82, 2.24) is 0 Å². The largest absolute Gasteiger partial charge is 0.482 e. The summed E-state index contributed by atoms with van der Waals surface area (Å²) in [6.07, 6.45) is 0. The van der Waals surface area contributed by atoms with Gasteiger partial charge in [0, 0.05) is 16.7 Å². The Bertz CT molecular complexity index is 738. The maximum Gasteiger partial charge on any atom is 0.310 e. The molecule has 0 aliphatic heterocycles. The van der Waals surface area contributed by atoms with Gasteiger partial charge in [-0.3, -0.25) is 10.1 Å². The summed E-state index contributed by atoms with van der Waals surface area (Å²) < 4.78 is 5.51. The van der Waals surface area contributed by atoms with E-state index in [0.717, 1.165) is 5.56 Å². The summed E-state index contributed by atoms with van der Waals surface area (Å²) in [5.74, 6) is 0.195. The van der Waals surface area contributed by atoms with E-state index in [9.17, 15) is 10.1 Å². The van der Waals surface area contributed by atoms with Crippen LogP contribution in [0.4, 0.5) is 5.69 Å². The van der Waals surface area contributed by atoms with Gasteiger partial charge in [-0.25, -0.2) is 0 Å². The number of hydrogen-bond acceptors (Lipinski definition) is 4. The molecule has 0 heterocycles. The monoisotopic (exact) mass is 302 g/mol. The zero-order chi connectivity index (χ0) is 15.4. The van der Waals surface area contributed by atoms with Crippen LogP contribution in [0.25, 0.3) is 0 Å². The molecule has 0 saturated heterocycles. The predicted molar refractivity (Wildman–Crippen MR) is 78.3 cm³/mol. The Kier molecular flexibility index (Phi) is 4.41. The molecule has 0 fully saturated rings. The highest BCUT2D eigenvalue weighted by molar-refractivity contribution is 6.31. The van der Waals surface area contributed by atoms with Gasteiger partial charge in [0.15, 0.2) is 5.75 Å². The molecule has 0 radical (unpaired) electrons. The van der Waals surface area contributed by atoms with E-state index >= 15 is 0 Å². The van der Waals surface area contributed by atoms with Crippen molar-refractivity contribution in [2.75, 3.05) is 0 Å². The van der Waals surface area contributed by atoms with Crippen molar-refractivity contribution in [3.05, 3.63) is 68.2 Å². The molecule has 0 aliphatic rings. The van der Waals surface area contributed by atoms with E-state index in [1.54, 1.807) is 24.3 Å². The minimum atomic E-state index is -0.491. The number of nitrogens with zero attached hydrogens (tertiary/aromatic N) is 2. The van der Waals surface area contributed by atoms with Crippen molar-refractivity contribution in [2.24, 2.45) is 0 Å². The fraction of sp³-hybridized carbons (Fsp3) is 0.133. The molecule has 0 N–H and O–H groups in total. The Balaban J connectivity index is 2.22. The van der Waals surface area contributed by atoms with Crippen LogP contribution < -0.4 is 4.74 Å². The number of halogens is 1. The van der Waals surface area contributed by atoms with Crippen LogP contribution in [0.2, 0.25) is 5.02 Å². The van der Waals surface area contributed by atoms with Crippen molar-refractivity contribution in [1.29, 1.82) is 5.26 Å². The fourth-order valence-electron chi connectivity index (χ4n) is 1.78. The summed E-state index contributed by atoms with van der Waals surface area (Å²) >= 11 is 6.04. The Morgan fingerprint density at radius 3 is 2.71 bits per heavy atom. The number of benzene rings is 2. The summed E-state index contributed by atoms with van der Waals surface area (Å²) in [6, 6.07) is 11.5. The molecule has 106 valence electrons. The van der Waals surface area contributed by atoms with Gasteiger partial charge in [-0.15, -0.1) is 0 Å². The third-order valence-electron chi connectivity index (χ3n) is 2.88. The molecule has 0 unspecified atom stereocenters. The molecule has 6 heteroatoms. The van der Waals surface area contributed by atoms with E-state index in [-0.39, 0.29) is 18.0 Å². The van der Waals surface area contributed by atoms with Crippen LogP contribution in [-0.2, 0) is 6.61 Å². The van der Waals surface area contributed by atoms with Gasteiger partial charge in [0.1, 0.15) is 6.61 Å². The van der Waals surface area contributed by atoms with Crippen LogP contribution in [0.3, 0.4) is 0 Å². The lowest BCUT2D eigenvalue weighted by Gasteiger charge is -2.09. The van der Waals surface area contributed by atoms with Gasteiger partial charge in [-0.2, -0.15) is 5.26 Å². The van der Waals surface area contributed by atoms with E-state index in [2.05, 4.69) is 0 Å². The molecule has 0 saturated carbocycles. The van der Waals surface area contributed by atoms with Gasteiger partial charge < -0.3 is 4.74 Å². The van der Waals surface area contributed by atoms with Crippen molar-refractivity contribution in [2.45, 2.75) is 13.5 Å². The van der Waals surface area contributed by atoms with E-state index in [0.29, 0.717) is 16.1 Å². The van der Waals surface area contributed by atoms with Gasteiger partial charge in [0.05, 0.1) is 16.6 Å². The Morgan fingerprint density at radius 2 is 2.10 bits per heavy atom. The lowest BCUT2D eigenvalue weighted by molar-refractivity contribution is -0.386. The smallest absolute Gasteiger partial charge is 0.310 e. The maximum atomic E-state index is 11.0. The van der Waals surface area contributed by atoms with Gasteiger partial charge in [-0.05, 0) is 30.7 Å². The van der Waals surface area contributed by atoms with Crippen LogP contribution in [0.5, 0.6) is 5.75 Å². The number of hydrogen-bond donors (Lipinski definition) is 0. The van der Waals surface area contributed by atoms with Crippen molar-refractivity contribution >= 4 is 17.3 Å². The number of rotatable bonds is 4. The van der Waals surface area contributed by atoms with E-state index in [1.807, 2.05) is 13.0 Å². The van der Waals surface area contributed by atoms with Gasteiger partial charge in [0.2, 0.25) is 0 Å². The van der Waals surface area contributed by atoms with Crippen LogP contribution in [0, 0.1) is 28.4 Å². The molecular formula is C15H11ClN2O3. The molecule has 2 aromatic rings. The third kappa shape index (κ3) is 3.50. The normalized spacial score (nSPS) is 9.95. The molecule has 0 spiro atoms. The molecule has 0 aliphatic carbocycles. The molecule has 0 amide bonds. The number of ether oxygens (including phenoxy) is 1.